The van der Waals surface area contributed by atoms with Gasteiger partial charge >= 0.3 is 0 Å². The summed E-state index contributed by atoms with van der Waals surface area (Å²) in [5.41, 5.74) is 3.39. The fraction of sp³-hybridized carbons (Fsp3) is 0.200. The van der Waals surface area contributed by atoms with Gasteiger partial charge in [0.1, 0.15) is 35.2 Å². The number of fused-ring (bicyclic) bond motifs is 2. The highest BCUT2D eigenvalue weighted by atomic mass is 35.5. The summed E-state index contributed by atoms with van der Waals surface area (Å²) >= 11 is 0. The summed E-state index contributed by atoms with van der Waals surface area (Å²) in [5.74, 6) is 1.50. The van der Waals surface area contributed by atoms with E-state index in [2.05, 4.69) is 48.7 Å². The summed E-state index contributed by atoms with van der Waals surface area (Å²) in [6.45, 7) is 4.60. The first kappa shape index (κ1) is 24.5. The zero-order chi connectivity index (χ0) is 24.6. The molecule has 0 unspecified atom stereocenters. The van der Waals surface area contributed by atoms with Gasteiger partial charge in [0.15, 0.2) is 23.1 Å². The fourth-order valence-corrected chi connectivity index (χ4v) is 4.15. The molecule has 1 aliphatic heterocycles. The number of nitrogens with one attached hydrogen (secondary N) is 2. The van der Waals surface area contributed by atoms with E-state index in [4.69, 9.17) is 9.72 Å². The normalized spacial score (nSPS) is 15.3. The molecule has 1 aromatic carbocycles. The van der Waals surface area contributed by atoms with Gasteiger partial charge in [0.05, 0.1) is 11.9 Å². The Morgan fingerprint density at radius 2 is 2.03 bits per heavy atom. The topological polar surface area (TPSA) is 115 Å². The smallest absolute Gasteiger partial charge is 0.160 e. The molecule has 10 nitrogen and oxygen atoms in total. The van der Waals surface area contributed by atoms with Crippen LogP contribution in [-0.4, -0.2) is 47.1 Å². The maximum atomic E-state index is 15.4. The van der Waals surface area contributed by atoms with Gasteiger partial charge in [-0.25, -0.2) is 33.8 Å². The van der Waals surface area contributed by atoms with Crippen molar-refractivity contribution in [2.75, 3.05) is 11.9 Å². The molecule has 0 saturated heterocycles. The summed E-state index contributed by atoms with van der Waals surface area (Å²) < 4.78 is 23.0. The number of hydrogen-bond acceptors (Lipinski definition) is 9. The largest absolute Gasteiger partial charge is 0.457 e. The number of ether oxygens (including phenoxy) is 1. The lowest BCUT2D eigenvalue weighted by Crippen LogP contribution is -2.29. The van der Waals surface area contributed by atoms with Crippen molar-refractivity contribution < 1.29 is 9.13 Å². The van der Waals surface area contributed by atoms with Crippen LogP contribution in [0, 0.1) is 12.7 Å². The van der Waals surface area contributed by atoms with Gasteiger partial charge in [-0.1, -0.05) is 6.08 Å². The van der Waals surface area contributed by atoms with Crippen molar-refractivity contribution in [1.29, 1.82) is 0 Å². The Hall–Kier alpha value is -4.22. The second-order valence-electron chi connectivity index (χ2n) is 8.54. The molecule has 0 bridgehead atoms. The molecule has 0 fully saturated rings. The van der Waals surface area contributed by atoms with Crippen LogP contribution in [0.15, 0.2) is 55.4 Å². The van der Waals surface area contributed by atoms with Crippen LogP contribution in [0.2, 0.25) is 0 Å². The summed E-state index contributed by atoms with van der Waals surface area (Å²) in [4.78, 5) is 22.0. The predicted octanol–water partition coefficient (Wildman–Crippen LogP) is 4.63. The number of pyridine rings is 1. The standard InChI is InChI=1S/C25H22FN9O.ClH/c1-14-9-16(5-7-27-14)24-28-11-19-23(34-24)25(31-12-29-19)33-18-3-4-20(15(2)22(18)26)36-17-6-8-35-21(10-17)30-13-32-35;/h3-4,6,8-14,27H,5,7H2,1-2H3,(H,29,31,33);1H/t14-;/m1./s1. The van der Waals surface area contributed by atoms with Gasteiger partial charge in [-0.15, -0.1) is 12.4 Å². The number of nitrogens with zero attached hydrogens (tertiary/aromatic N) is 7. The van der Waals surface area contributed by atoms with Gasteiger partial charge in [-0.05, 0) is 50.6 Å². The average Bonchev–Trinajstić information content (AvgIpc) is 3.36. The van der Waals surface area contributed by atoms with E-state index in [9.17, 15) is 0 Å². The number of rotatable bonds is 5. The van der Waals surface area contributed by atoms with E-state index >= 15 is 4.39 Å². The van der Waals surface area contributed by atoms with Crippen LogP contribution >= 0.6 is 12.4 Å². The summed E-state index contributed by atoms with van der Waals surface area (Å²) in [6.07, 6.45) is 9.20. The Morgan fingerprint density at radius 1 is 1.14 bits per heavy atom. The molecular formula is C25H23ClFN9O. The third kappa shape index (κ3) is 4.78. The van der Waals surface area contributed by atoms with Crippen LogP contribution in [0.1, 0.15) is 24.7 Å². The van der Waals surface area contributed by atoms with Crippen LogP contribution in [0.5, 0.6) is 11.5 Å². The van der Waals surface area contributed by atoms with Crippen LogP contribution in [0.3, 0.4) is 0 Å². The molecule has 1 aliphatic rings. The van der Waals surface area contributed by atoms with Gasteiger partial charge in [0.2, 0.25) is 0 Å². The summed E-state index contributed by atoms with van der Waals surface area (Å²) in [5, 5.41) is 10.5. The summed E-state index contributed by atoms with van der Waals surface area (Å²) in [7, 11) is 0. The van der Waals surface area contributed by atoms with Crippen molar-refractivity contribution in [3.8, 4) is 11.5 Å². The van der Waals surface area contributed by atoms with Crippen molar-refractivity contribution in [3.63, 3.8) is 0 Å². The molecule has 0 saturated carbocycles. The maximum Gasteiger partial charge on any atom is 0.160 e. The van der Waals surface area contributed by atoms with Crippen molar-refractivity contribution in [2.45, 2.75) is 26.3 Å². The second-order valence-corrected chi connectivity index (χ2v) is 8.54. The lowest BCUT2D eigenvalue weighted by atomic mass is 10.0. The second kappa shape index (κ2) is 10.0. The minimum absolute atomic E-state index is 0. The molecule has 0 spiro atoms. The number of benzene rings is 1. The Morgan fingerprint density at radius 3 is 2.89 bits per heavy atom. The highest BCUT2D eigenvalue weighted by molar-refractivity contribution is 5.87. The average molecular weight is 520 g/mol. The van der Waals surface area contributed by atoms with Crippen molar-refractivity contribution in [1.82, 2.24) is 39.9 Å². The van der Waals surface area contributed by atoms with Crippen molar-refractivity contribution in [2.24, 2.45) is 0 Å². The minimum Gasteiger partial charge on any atom is -0.457 e. The minimum atomic E-state index is -0.452. The van der Waals surface area contributed by atoms with Gasteiger partial charge in [0.25, 0.3) is 0 Å². The number of hydrogen-bond donors (Lipinski definition) is 2. The zero-order valence-corrected chi connectivity index (χ0v) is 20.8. The first-order valence-electron chi connectivity index (χ1n) is 11.5. The van der Waals surface area contributed by atoms with Crippen LogP contribution in [0.25, 0.3) is 22.3 Å². The van der Waals surface area contributed by atoms with E-state index in [-0.39, 0.29) is 24.1 Å². The first-order valence-corrected chi connectivity index (χ1v) is 11.5. The third-order valence-corrected chi connectivity index (χ3v) is 6.05. The van der Waals surface area contributed by atoms with E-state index in [1.807, 2.05) is 0 Å². The van der Waals surface area contributed by atoms with E-state index in [0.29, 0.717) is 45.4 Å². The molecule has 188 valence electrons. The molecule has 0 radical (unpaired) electrons. The Labute approximate surface area is 217 Å². The van der Waals surface area contributed by atoms with Gasteiger partial charge in [-0.3, -0.25) is 0 Å². The lowest BCUT2D eigenvalue weighted by Gasteiger charge is -2.19. The molecule has 4 aromatic heterocycles. The molecule has 1 atom stereocenters. The monoisotopic (exact) mass is 519 g/mol. The molecule has 5 heterocycles. The molecule has 12 heteroatoms. The van der Waals surface area contributed by atoms with Crippen molar-refractivity contribution in [3.05, 3.63) is 72.6 Å². The number of aromatic nitrogens is 7. The molecule has 5 aromatic rings. The van der Waals surface area contributed by atoms with Crippen LogP contribution in [0.4, 0.5) is 15.9 Å². The lowest BCUT2D eigenvalue weighted by molar-refractivity contribution is 0.471. The summed E-state index contributed by atoms with van der Waals surface area (Å²) in [6, 6.07) is 7.04. The Balaban J connectivity index is 0.00000280. The van der Waals surface area contributed by atoms with E-state index in [1.165, 1.54) is 12.7 Å². The van der Waals surface area contributed by atoms with Gasteiger partial charge < -0.3 is 15.4 Å². The molecular weight excluding hydrogens is 497 g/mol. The molecule has 2 N–H and O–H groups in total. The van der Waals surface area contributed by atoms with Gasteiger partial charge in [0, 0.05) is 23.9 Å². The molecule has 6 rings (SSSR count). The van der Waals surface area contributed by atoms with E-state index in [0.717, 1.165) is 18.5 Å². The SMILES string of the molecule is Cc1c(Oc2ccn3ncnc3c2)ccc(Nc2ncnc3cnc(C4=C[C@@H](C)NCC4)nc23)c1F.Cl. The predicted molar refractivity (Wildman–Crippen MR) is 140 cm³/mol. The Kier molecular flexibility index (Phi) is 6.64. The number of halogens is 2. The first-order chi connectivity index (χ1) is 17.5. The molecule has 37 heavy (non-hydrogen) atoms. The molecule has 0 amide bonds. The highest BCUT2D eigenvalue weighted by Gasteiger charge is 2.17. The van der Waals surface area contributed by atoms with E-state index in [1.54, 1.807) is 48.1 Å². The zero-order valence-electron chi connectivity index (χ0n) is 20.0. The highest BCUT2D eigenvalue weighted by Crippen LogP contribution is 2.33. The van der Waals surface area contributed by atoms with E-state index < -0.39 is 5.82 Å². The van der Waals surface area contributed by atoms with Crippen molar-refractivity contribution >= 4 is 46.2 Å². The third-order valence-electron chi connectivity index (χ3n) is 6.05. The number of anilines is 2. The van der Waals surface area contributed by atoms with Crippen LogP contribution in [-0.2, 0) is 0 Å². The quantitative estimate of drug-likeness (QED) is 0.343. The maximum absolute atomic E-state index is 15.4. The Bertz CT molecular complexity index is 1640. The fourth-order valence-electron chi connectivity index (χ4n) is 4.15. The van der Waals surface area contributed by atoms with Crippen LogP contribution < -0.4 is 15.4 Å². The molecule has 0 aliphatic carbocycles. The van der Waals surface area contributed by atoms with Gasteiger partial charge in [-0.2, -0.15) is 5.10 Å².